The van der Waals surface area contributed by atoms with Crippen molar-refractivity contribution in [3.8, 4) is 5.69 Å². The van der Waals surface area contributed by atoms with Crippen molar-refractivity contribution in [3.63, 3.8) is 0 Å². The third-order valence-electron chi connectivity index (χ3n) is 7.61. The molecule has 5 rings (SSSR count). The van der Waals surface area contributed by atoms with Gasteiger partial charge in [-0.25, -0.2) is 13.6 Å². The van der Waals surface area contributed by atoms with Gasteiger partial charge >= 0.3 is 5.97 Å². The number of methoxy groups -OCH3 is 1. The Labute approximate surface area is 201 Å². The van der Waals surface area contributed by atoms with Gasteiger partial charge in [-0.15, -0.1) is 0 Å². The smallest absolute Gasteiger partial charge is 0.335 e. The second-order valence-corrected chi connectivity index (χ2v) is 9.92. The van der Waals surface area contributed by atoms with Crippen LogP contribution in [-0.4, -0.2) is 38.6 Å². The second-order valence-electron chi connectivity index (χ2n) is 9.92. The number of aromatic nitrogens is 3. The summed E-state index contributed by atoms with van der Waals surface area (Å²) in [5.41, 5.74) is 2.94. The summed E-state index contributed by atoms with van der Waals surface area (Å²) in [4.78, 5) is 11.9. The second kappa shape index (κ2) is 8.45. The van der Waals surface area contributed by atoms with E-state index in [1.54, 1.807) is 25.3 Å². The van der Waals surface area contributed by atoms with Gasteiger partial charge in [-0.3, -0.25) is 5.10 Å². The number of fused-ring (bicyclic) bond motifs is 2. The number of carboxylic acids is 1. The van der Waals surface area contributed by atoms with E-state index in [9.17, 15) is 14.3 Å². The molecule has 0 bridgehead atoms. The Bertz CT molecular complexity index is 1450. The first kappa shape index (κ1) is 23.5. The van der Waals surface area contributed by atoms with Crippen LogP contribution in [0, 0.1) is 18.6 Å². The molecule has 2 N–H and O–H groups in total. The first-order valence-electron chi connectivity index (χ1n) is 11.9. The van der Waals surface area contributed by atoms with E-state index in [4.69, 9.17) is 4.74 Å². The largest absolute Gasteiger partial charge is 0.479 e. The molecule has 2 heterocycles. The summed E-state index contributed by atoms with van der Waals surface area (Å²) in [6.45, 7) is 5.84. The lowest BCUT2D eigenvalue weighted by atomic mass is 9.74. The summed E-state index contributed by atoms with van der Waals surface area (Å²) in [6, 6.07) is 6.86. The first-order chi connectivity index (χ1) is 16.7. The minimum absolute atomic E-state index is 0.0345. The first-order valence-corrected chi connectivity index (χ1v) is 11.9. The van der Waals surface area contributed by atoms with Crippen molar-refractivity contribution in [1.29, 1.82) is 0 Å². The normalized spacial score (nSPS) is 20.8. The van der Waals surface area contributed by atoms with Gasteiger partial charge in [0.1, 0.15) is 11.3 Å². The molecule has 0 radical (unpaired) electrons. The quantitative estimate of drug-likeness (QED) is 0.348. The van der Waals surface area contributed by atoms with Crippen molar-refractivity contribution in [2.24, 2.45) is 0 Å². The molecule has 6 nitrogen and oxygen atoms in total. The molecular formula is C27H29F2N3O3. The van der Waals surface area contributed by atoms with E-state index in [2.05, 4.69) is 24.0 Å². The molecule has 0 amide bonds. The van der Waals surface area contributed by atoms with Crippen LogP contribution in [-0.2, 0) is 9.53 Å². The highest BCUT2D eigenvalue weighted by molar-refractivity contribution is 6.00. The number of halogens is 2. The molecule has 1 aliphatic carbocycles. The number of H-pyrrole nitrogens is 1. The van der Waals surface area contributed by atoms with Crippen LogP contribution in [0.1, 0.15) is 68.2 Å². The number of aromatic amines is 1. The fourth-order valence-electron chi connectivity index (χ4n) is 5.76. The van der Waals surface area contributed by atoms with E-state index >= 15 is 4.39 Å². The lowest BCUT2D eigenvalue weighted by Crippen LogP contribution is -2.43. The zero-order valence-electron chi connectivity index (χ0n) is 20.3. The highest BCUT2D eigenvalue weighted by Gasteiger charge is 2.44. The average molecular weight is 482 g/mol. The van der Waals surface area contributed by atoms with E-state index in [0.717, 1.165) is 16.9 Å². The molecule has 35 heavy (non-hydrogen) atoms. The van der Waals surface area contributed by atoms with E-state index in [1.165, 1.54) is 13.2 Å². The molecule has 2 aromatic heterocycles. The van der Waals surface area contributed by atoms with Crippen LogP contribution in [0.2, 0.25) is 0 Å². The summed E-state index contributed by atoms with van der Waals surface area (Å²) in [5.74, 6) is -1.64. The number of nitrogens with zero attached hydrogens (tertiary/aromatic N) is 2. The van der Waals surface area contributed by atoms with Gasteiger partial charge in [0.15, 0.2) is 11.4 Å². The van der Waals surface area contributed by atoms with Crippen LogP contribution in [0.3, 0.4) is 0 Å². The Morgan fingerprint density at radius 2 is 1.97 bits per heavy atom. The SMILES string of the molecule is CO[C@]1(C(=O)O)CC[C@H](c2c(C(C)C)n(-c3ccc(F)c(C)c3)c3cc4cn[nH]c4c(F)c32)CC1. The summed E-state index contributed by atoms with van der Waals surface area (Å²) in [5, 5.41) is 17.8. The van der Waals surface area contributed by atoms with Crippen LogP contribution in [0.15, 0.2) is 30.5 Å². The lowest BCUT2D eigenvalue weighted by Gasteiger charge is -2.36. The fourth-order valence-corrected chi connectivity index (χ4v) is 5.76. The predicted molar refractivity (Wildman–Crippen MR) is 130 cm³/mol. The summed E-state index contributed by atoms with van der Waals surface area (Å²) >= 11 is 0. The number of nitrogens with one attached hydrogen (secondary N) is 1. The fraction of sp³-hybridized carbons (Fsp3) is 0.407. The third kappa shape index (κ3) is 3.54. The van der Waals surface area contributed by atoms with E-state index < -0.39 is 11.6 Å². The van der Waals surface area contributed by atoms with Gasteiger partial charge in [0, 0.05) is 29.3 Å². The number of rotatable bonds is 5. The highest BCUT2D eigenvalue weighted by atomic mass is 19.1. The van der Waals surface area contributed by atoms with Crippen molar-refractivity contribution < 1.29 is 23.4 Å². The molecule has 184 valence electrons. The van der Waals surface area contributed by atoms with Crippen LogP contribution >= 0.6 is 0 Å². The standard InChI is InChI=1S/C27H29F2N3O3/c1-14(2)25-21(16-7-9-27(35-4,10-8-16)26(33)34)22-20(12-17-13-30-31-24(17)23(22)29)32(25)18-5-6-19(28)15(3)11-18/h5-6,11-14,16H,7-10H2,1-4H3,(H,30,31)(H,33,34)/t16-,27+. The number of aryl methyl sites for hydroxylation is 1. The molecule has 1 aliphatic rings. The molecule has 0 saturated heterocycles. The van der Waals surface area contributed by atoms with Gasteiger partial charge in [-0.2, -0.15) is 5.10 Å². The molecule has 1 fully saturated rings. The number of carboxylic acid groups (broad SMARTS) is 1. The summed E-state index contributed by atoms with van der Waals surface area (Å²) in [6.07, 6.45) is 3.40. The van der Waals surface area contributed by atoms with E-state index in [0.29, 0.717) is 53.1 Å². The van der Waals surface area contributed by atoms with Crippen LogP contribution in [0.25, 0.3) is 27.5 Å². The van der Waals surface area contributed by atoms with Gasteiger partial charge in [0.05, 0.1) is 11.7 Å². The molecule has 1 saturated carbocycles. The molecule has 0 spiro atoms. The maximum absolute atomic E-state index is 16.1. The van der Waals surface area contributed by atoms with Crippen LogP contribution in [0.4, 0.5) is 8.78 Å². The number of carbonyl (C=O) groups is 1. The molecule has 0 unspecified atom stereocenters. The van der Waals surface area contributed by atoms with Crippen LogP contribution in [0.5, 0.6) is 0 Å². The zero-order valence-corrected chi connectivity index (χ0v) is 20.3. The molecular weight excluding hydrogens is 452 g/mol. The number of aliphatic carboxylic acids is 1. The predicted octanol–water partition coefficient (Wildman–Crippen LogP) is 6.34. The highest BCUT2D eigenvalue weighted by Crippen LogP contribution is 2.48. The summed E-state index contributed by atoms with van der Waals surface area (Å²) < 4.78 is 37.7. The molecule has 0 atom stereocenters. The van der Waals surface area contributed by atoms with Gasteiger partial charge in [-0.05, 0) is 79.8 Å². The maximum Gasteiger partial charge on any atom is 0.335 e. The monoisotopic (exact) mass is 481 g/mol. The average Bonchev–Trinajstić information content (AvgIpc) is 3.44. The molecule has 8 heteroatoms. The van der Waals surface area contributed by atoms with Crippen molar-refractivity contribution in [2.45, 2.75) is 63.9 Å². The van der Waals surface area contributed by atoms with Crippen molar-refractivity contribution in [3.05, 3.63) is 58.9 Å². The van der Waals surface area contributed by atoms with Gasteiger partial charge in [0.25, 0.3) is 0 Å². The molecule has 0 aliphatic heterocycles. The number of benzene rings is 2. The lowest BCUT2D eigenvalue weighted by molar-refractivity contribution is -0.166. The van der Waals surface area contributed by atoms with E-state index in [1.807, 2.05) is 10.6 Å². The van der Waals surface area contributed by atoms with Gasteiger partial charge < -0.3 is 14.4 Å². The minimum Gasteiger partial charge on any atom is -0.479 e. The number of ether oxygens (including phenoxy) is 1. The zero-order chi connectivity index (χ0) is 25.1. The molecule has 2 aromatic carbocycles. The third-order valence-corrected chi connectivity index (χ3v) is 7.61. The van der Waals surface area contributed by atoms with Gasteiger partial charge in [0.2, 0.25) is 0 Å². The maximum atomic E-state index is 16.1. The van der Waals surface area contributed by atoms with E-state index in [-0.39, 0.29) is 23.5 Å². The Hall–Kier alpha value is -3.26. The molecule has 4 aromatic rings. The van der Waals surface area contributed by atoms with Crippen molar-refractivity contribution in [2.75, 3.05) is 7.11 Å². The summed E-state index contributed by atoms with van der Waals surface area (Å²) in [7, 11) is 1.44. The van der Waals surface area contributed by atoms with Crippen molar-refractivity contribution >= 4 is 27.8 Å². The van der Waals surface area contributed by atoms with Crippen LogP contribution < -0.4 is 0 Å². The van der Waals surface area contributed by atoms with Crippen molar-refractivity contribution in [1.82, 2.24) is 14.8 Å². The minimum atomic E-state index is -1.21. The Morgan fingerprint density at radius 3 is 2.57 bits per heavy atom. The Morgan fingerprint density at radius 1 is 1.26 bits per heavy atom. The number of hydrogen-bond donors (Lipinski definition) is 2. The number of hydrogen-bond acceptors (Lipinski definition) is 3. The Kier molecular flexibility index (Phi) is 5.67. The van der Waals surface area contributed by atoms with Gasteiger partial charge in [-0.1, -0.05) is 13.8 Å². The Balaban J connectivity index is 1.80. The topological polar surface area (TPSA) is 80.1 Å².